The topological polar surface area (TPSA) is 97.5 Å². The van der Waals surface area contributed by atoms with Crippen LogP contribution in [-0.2, 0) is 14.9 Å². The number of hydrogen-bond donors (Lipinski definition) is 2. The summed E-state index contributed by atoms with van der Waals surface area (Å²) in [5, 5.41) is -1.70. The van der Waals surface area contributed by atoms with E-state index in [4.69, 9.17) is 10.3 Å². The standard InChI is InChI=1S/C9H11NO4S/c1-6-4-2-3-5-7(6)8(9(10)11)15(12,13)14/h2-5,8H,1H3,(H2,10,11)(H,12,13,14). The normalized spacial score (nSPS) is 13.5. The zero-order valence-corrected chi connectivity index (χ0v) is 8.86. The molecular formula is C9H11NO4S. The summed E-state index contributed by atoms with van der Waals surface area (Å²) in [7, 11) is -4.51. The van der Waals surface area contributed by atoms with Crippen molar-refractivity contribution in [1.29, 1.82) is 0 Å². The number of aryl methyl sites for hydroxylation is 1. The van der Waals surface area contributed by atoms with E-state index in [-0.39, 0.29) is 5.56 Å². The molecule has 1 atom stereocenters. The molecule has 5 nitrogen and oxygen atoms in total. The predicted octanol–water partition coefficient (Wildman–Crippen LogP) is 0.409. The number of nitrogens with two attached hydrogens (primary N) is 1. The van der Waals surface area contributed by atoms with Crippen molar-refractivity contribution in [2.75, 3.05) is 0 Å². The van der Waals surface area contributed by atoms with Crippen molar-refractivity contribution in [2.45, 2.75) is 12.2 Å². The Morgan fingerprint density at radius 2 is 1.93 bits per heavy atom. The highest BCUT2D eigenvalue weighted by molar-refractivity contribution is 7.86. The minimum Gasteiger partial charge on any atom is -0.368 e. The minimum absolute atomic E-state index is 0.201. The van der Waals surface area contributed by atoms with Gasteiger partial charge >= 0.3 is 0 Å². The zero-order chi connectivity index (χ0) is 11.6. The van der Waals surface area contributed by atoms with E-state index in [0.29, 0.717) is 5.56 Å². The Morgan fingerprint density at radius 3 is 2.33 bits per heavy atom. The summed E-state index contributed by atoms with van der Waals surface area (Å²) in [6.45, 7) is 1.64. The van der Waals surface area contributed by atoms with E-state index in [9.17, 15) is 13.2 Å². The van der Waals surface area contributed by atoms with Gasteiger partial charge in [0.05, 0.1) is 0 Å². The van der Waals surface area contributed by atoms with Crippen molar-refractivity contribution < 1.29 is 17.8 Å². The van der Waals surface area contributed by atoms with Crippen LogP contribution in [0.4, 0.5) is 0 Å². The van der Waals surface area contributed by atoms with Crippen LogP contribution >= 0.6 is 0 Å². The number of hydrogen-bond acceptors (Lipinski definition) is 3. The van der Waals surface area contributed by atoms with Crippen molar-refractivity contribution in [1.82, 2.24) is 0 Å². The van der Waals surface area contributed by atoms with Gasteiger partial charge in [-0.2, -0.15) is 8.42 Å². The Labute approximate surface area is 87.7 Å². The van der Waals surface area contributed by atoms with Gasteiger partial charge in [-0.25, -0.2) is 0 Å². The van der Waals surface area contributed by atoms with Gasteiger partial charge in [0.25, 0.3) is 10.1 Å². The Hall–Kier alpha value is -1.40. The zero-order valence-electron chi connectivity index (χ0n) is 8.04. The Bertz CT molecular complexity index is 481. The molecule has 1 unspecified atom stereocenters. The highest BCUT2D eigenvalue weighted by atomic mass is 32.2. The second kappa shape index (κ2) is 4.00. The van der Waals surface area contributed by atoms with E-state index in [1.165, 1.54) is 6.07 Å². The van der Waals surface area contributed by atoms with Crippen molar-refractivity contribution in [3.05, 3.63) is 35.4 Å². The molecule has 0 spiro atoms. The number of benzene rings is 1. The second-order valence-electron chi connectivity index (χ2n) is 3.15. The first kappa shape index (κ1) is 11.7. The lowest BCUT2D eigenvalue weighted by atomic mass is 10.1. The van der Waals surface area contributed by atoms with E-state index in [1.54, 1.807) is 25.1 Å². The Balaban J connectivity index is 3.36. The summed E-state index contributed by atoms with van der Waals surface area (Å²) in [6, 6.07) is 6.35. The number of carbonyl (C=O) groups excluding carboxylic acids is 1. The molecule has 6 heteroatoms. The highest BCUT2D eigenvalue weighted by Crippen LogP contribution is 2.23. The fourth-order valence-electron chi connectivity index (χ4n) is 1.34. The third-order valence-corrected chi connectivity index (χ3v) is 3.11. The number of amides is 1. The second-order valence-corrected chi connectivity index (χ2v) is 4.66. The molecule has 0 radical (unpaired) electrons. The van der Waals surface area contributed by atoms with Gasteiger partial charge in [-0.05, 0) is 18.1 Å². The first-order chi connectivity index (χ1) is 6.84. The van der Waals surface area contributed by atoms with Gasteiger partial charge in [0.1, 0.15) is 0 Å². The number of primary amides is 1. The van der Waals surface area contributed by atoms with Crippen LogP contribution < -0.4 is 5.73 Å². The molecule has 1 amide bonds. The first-order valence-corrected chi connectivity index (χ1v) is 5.65. The monoisotopic (exact) mass is 229 g/mol. The van der Waals surface area contributed by atoms with Crippen LogP contribution in [0.2, 0.25) is 0 Å². The molecule has 1 aromatic carbocycles. The van der Waals surface area contributed by atoms with Crippen molar-refractivity contribution in [2.24, 2.45) is 5.73 Å². The SMILES string of the molecule is Cc1ccccc1C(C(N)=O)S(=O)(=O)O. The third-order valence-electron chi connectivity index (χ3n) is 2.03. The van der Waals surface area contributed by atoms with Gasteiger partial charge in [0.2, 0.25) is 5.91 Å². The molecule has 0 bridgehead atoms. The smallest absolute Gasteiger partial charge is 0.281 e. The largest absolute Gasteiger partial charge is 0.368 e. The van der Waals surface area contributed by atoms with Gasteiger partial charge in [-0.1, -0.05) is 24.3 Å². The van der Waals surface area contributed by atoms with Crippen molar-refractivity contribution >= 4 is 16.0 Å². The molecular weight excluding hydrogens is 218 g/mol. The lowest BCUT2D eigenvalue weighted by Crippen LogP contribution is -2.28. The van der Waals surface area contributed by atoms with Crippen LogP contribution in [0.25, 0.3) is 0 Å². The molecule has 15 heavy (non-hydrogen) atoms. The summed E-state index contributed by atoms with van der Waals surface area (Å²) in [6.07, 6.45) is 0. The fourth-order valence-corrected chi connectivity index (χ4v) is 2.22. The maximum atomic E-state index is 11.0. The molecule has 0 heterocycles. The van der Waals surface area contributed by atoms with Crippen LogP contribution in [0.5, 0.6) is 0 Å². The predicted molar refractivity (Wildman–Crippen MR) is 54.7 cm³/mol. The molecule has 3 N–H and O–H groups in total. The molecule has 0 aliphatic heterocycles. The number of rotatable bonds is 3. The van der Waals surface area contributed by atoms with E-state index < -0.39 is 21.3 Å². The lowest BCUT2D eigenvalue weighted by Gasteiger charge is -2.12. The maximum absolute atomic E-state index is 11.0. The summed E-state index contributed by atoms with van der Waals surface area (Å²) in [4.78, 5) is 11.0. The average Bonchev–Trinajstić information content (AvgIpc) is 2.05. The van der Waals surface area contributed by atoms with Crippen molar-refractivity contribution in [3.8, 4) is 0 Å². The van der Waals surface area contributed by atoms with Gasteiger partial charge in [0.15, 0.2) is 5.25 Å². The maximum Gasteiger partial charge on any atom is 0.281 e. The van der Waals surface area contributed by atoms with E-state index in [0.717, 1.165) is 0 Å². The molecule has 0 aliphatic carbocycles. The third kappa shape index (κ3) is 2.54. The number of carbonyl (C=O) groups is 1. The van der Waals surface area contributed by atoms with Crippen LogP contribution in [0.1, 0.15) is 16.4 Å². The van der Waals surface area contributed by atoms with Crippen LogP contribution in [0, 0.1) is 6.92 Å². The highest BCUT2D eigenvalue weighted by Gasteiger charge is 2.31. The van der Waals surface area contributed by atoms with Gasteiger partial charge < -0.3 is 5.73 Å². The van der Waals surface area contributed by atoms with Crippen LogP contribution in [0.3, 0.4) is 0 Å². The van der Waals surface area contributed by atoms with Gasteiger partial charge in [0, 0.05) is 0 Å². The van der Waals surface area contributed by atoms with E-state index in [2.05, 4.69) is 0 Å². The summed E-state index contributed by atoms with van der Waals surface area (Å²) in [5.74, 6) is -1.09. The van der Waals surface area contributed by atoms with E-state index >= 15 is 0 Å². The lowest BCUT2D eigenvalue weighted by molar-refractivity contribution is -0.117. The minimum atomic E-state index is -4.51. The summed E-state index contributed by atoms with van der Waals surface area (Å²) >= 11 is 0. The summed E-state index contributed by atoms with van der Waals surface area (Å²) in [5.41, 5.74) is 5.73. The van der Waals surface area contributed by atoms with Gasteiger partial charge in [-0.15, -0.1) is 0 Å². The molecule has 0 saturated carbocycles. The van der Waals surface area contributed by atoms with Gasteiger partial charge in [-0.3, -0.25) is 9.35 Å². The summed E-state index contributed by atoms with van der Waals surface area (Å²) < 4.78 is 30.9. The molecule has 1 aromatic rings. The van der Waals surface area contributed by atoms with Crippen molar-refractivity contribution in [3.63, 3.8) is 0 Å². The molecule has 82 valence electrons. The molecule has 0 saturated heterocycles. The van der Waals surface area contributed by atoms with Crippen LogP contribution in [-0.4, -0.2) is 18.9 Å². The average molecular weight is 229 g/mol. The molecule has 0 aliphatic rings. The first-order valence-electron chi connectivity index (χ1n) is 4.15. The Kier molecular flexibility index (Phi) is 3.11. The Morgan fingerprint density at radius 1 is 1.40 bits per heavy atom. The van der Waals surface area contributed by atoms with Crippen LogP contribution in [0.15, 0.2) is 24.3 Å². The quantitative estimate of drug-likeness (QED) is 0.733. The molecule has 0 fully saturated rings. The molecule has 0 aromatic heterocycles. The molecule has 1 rings (SSSR count). The van der Waals surface area contributed by atoms with E-state index in [1.807, 2.05) is 0 Å². The fraction of sp³-hybridized carbons (Fsp3) is 0.222.